The Hall–Kier alpha value is -3.75. The minimum atomic E-state index is -0.504. The van der Waals surface area contributed by atoms with Crippen molar-refractivity contribution in [3.63, 3.8) is 0 Å². The predicted molar refractivity (Wildman–Crippen MR) is 156 cm³/mol. The summed E-state index contributed by atoms with van der Waals surface area (Å²) in [7, 11) is 0. The Balaban J connectivity index is 1.34. The molecule has 0 heterocycles. The second-order valence-electron chi connectivity index (χ2n) is 8.41. The van der Waals surface area contributed by atoms with Crippen LogP contribution in [0.15, 0.2) is 117 Å². The fourth-order valence-electron chi connectivity index (χ4n) is 3.63. The van der Waals surface area contributed by atoms with E-state index in [0.717, 1.165) is 25.6 Å². The lowest BCUT2D eigenvalue weighted by Gasteiger charge is -2.18. The van der Waals surface area contributed by atoms with E-state index >= 15 is 0 Å². The van der Waals surface area contributed by atoms with Gasteiger partial charge in [0, 0.05) is 10.0 Å². The Morgan fingerprint density at radius 3 is 2.24 bits per heavy atom. The van der Waals surface area contributed by atoms with Crippen molar-refractivity contribution in [3.8, 4) is 5.75 Å². The van der Waals surface area contributed by atoms with Crippen molar-refractivity contribution in [2.24, 2.45) is 5.10 Å². The summed E-state index contributed by atoms with van der Waals surface area (Å²) in [4.78, 5) is 25.4. The molecule has 0 aliphatic rings. The van der Waals surface area contributed by atoms with Crippen LogP contribution in [0.3, 0.4) is 0 Å². The Morgan fingerprint density at radius 1 is 0.868 bits per heavy atom. The first-order valence-corrected chi connectivity index (χ1v) is 13.5. The molecule has 0 saturated heterocycles. The molecule has 0 radical (unpaired) electrons. The van der Waals surface area contributed by atoms with E-state index in [4.69, 9.17) is 4.74 Å². The van der Waals surface area contributed by atoms with Gasteiger partial charge in [0.1, 0.15) is 12.4 Å². The first-order chi connectivity index (χ1) is 18.5. The van der Waals surface area contributed by atoms with Crippen LogP contribution in [0.25, 0.3) is 0 Å². The van der Waals surface area contributed by atoms with Crippen LogP contribution in [0.4, 0.5) is 0 Å². The summed E-state index contributed by atoms with van der Waals surface area (Å²) in [5.41, 5.74) is 5.76. The van der Waals surface area contributed by atoms with Gasteiger partial charge in [-0.05, 0) is 75.1 Å². The van der Waals surface area contributed by atoms with E-state index in [9.17, 15) is 9.59 Å². The molecule has 0 bridgehead atoms. The molecule has 4 rings (SSSR count). The van der Waals surface area contributed by atoms with E-state index in [2.05, 4.69) is 47.7 Å². The summed E-state index contributed by atoms with van der Waals surface area (Å²) in [6.45, 7) is 0.443. The number of hydrogen-bond acceptors (Lipinski definition) is 4. The maximum Gasteiger partial charge on any atom is 0.251 e. The van der Waals surface area contributed by atoms with Gasteiger partial charge in [-0.3, -0.25) is 9.59 Å². The Morgan fingerprint density at radius 2 is 1.55 bits per heavy atom. The van der Waals surface area contributed by atoms with Crippen LogP contribution < -0.4 is 15.5 Å². The third-order valence-corrected chi connectivity index (χ3v) is 6.75. The van der Waals surface area contributed by atoms with Gasteiger partial charge in [0.05, 0.1) is 23.1 Å². The van der Waals surface area contributed by atoms with E-state index in [1.165, 1.54) is 0 Å². The highest BCUT2D eigenvalue weighted by molar-refractivity contribution is 9.10. The lowest BCUT2D eigenvalue weighted by Crippen LogP contribution is -2.32. The SMILES string of the molecule is O=C(C[C@@H](NC(=O)c1ccccc1)c1ccccc1)N/N=C\c1ccc(OCc2ccc(Br)cc2)c(Br)c1. The van der Waals surface area contributed by atoms with Gasteiger partial charge in [-0.1, -0.05) is 76.6 Å². The number of hydrogen-bond donors (Lipinski definition) is 2. The van der Waals surface area contributed by atoms with E-state index in [1.807, 2.05) is 78.9 Å². The molecule has 0 saturated carbocycles. The Kier molecular flexibility index (Phi) is 9.84. The summed E-state index contributed by atoms with van der Waals surface area (Å²) in [6.07, 6.45) is 1.59. The lowest BCUT2D eigenvalue weighted by molar-refractivity contribution is -0.121. The quantitative estimate of drug-likeness (QED) is 0.149. The van der Waals surface area contributed by atoms with Gasteiger partial charge in [-0.15, -0.1) is 0 Å². The standard InChI is InChI=1S/C30H25Br2N3O3/c31-25-14-11-21(12-15-25)20-38-28-16-13-22(17-26(28)32)19-33-35-29(36)18-27(23-7-3-1-4-8-23)34-30(37)24-9-5-2-6-10-24/h1-17,19,27H,18,20H2,(H,34,37)(H,35,36)/b33-19-/t27-/m1/s1. The topological polar surface area (TPSA) is 79.8 Å². The summed E-state index contributed by atoms with van der Waals surface area (Å²) in [5.74, 6) is 0.133. The van der Waals surface area contributed by atoms with Crippen LogP contribution in [0.5, 0.6) is 5.75 Å². The number of carbonyl (C=O) groups is 2. The van der Waals surface area contributed by atoms with Crippen molar-refractivity contribution >= 4 is 49.9 Å². The summed E-state index contributed by atoms with van der Waals surface area (Å²) >= 11 is 6.96. The Bertz CT molecular complexity index is 1400. The second-order valence-corrected chi connectivity index (χ2v) is 10.2. The van der Waals surface area contributed by atoms with Crippen LogP contribution in [0.2, 0.25) is 0 Å². The number of rotatable bonds is 10. The van der Waals surface area contributed by atoms with Crippen LogP contribution in [0.1, 0.15) is 39.5 Å². The third kappa shape index (κ3) is 8.13. The molecule has 0 spiro atoms. The molecule has 0 aliphatic heterocycles. The van der Waals surface area contributed by atoms with Crippen LogP contribution >= 0.6 is 31.9 Å². The minimum Gasteiger partial charge on any atom is -0.488 e. The normalized spacial score (nSPS) is 11.6. The number of benzene rings is 4. The van der Waals surface area contributed by atoms with Gasteiger partial charge >= 0.3 is 0 Å². The van der Waals surface area contributed by atoms with Crippen LogP contribution in [0, 0.1) is 0 Å². The van der Waals surface area contributed by atoms with Gasteiger partial charge < -0.3 is 10.1 Å². The number of nitrogens with zero attached hydrogens (tertiary/aromatic N) is 1. The summed E-state index contributed by atoms with van der Waals surface area (Å²) < 4.78 is 7.69. The fourth-order valence-corrected chi connectivity index (χ4v) is 4.41. The van der Waals surface area contributed by atoms with Gasteiger partial charge in [-0.25, -0.2) is 5.43 Å². The maximum absolute atomic E-state index is 12.7. The van der Waals surface area contributed by atoms with Crippen molar-refractivity contribution in [2.75, 3.05) is 0 Å². The second kappa shape index (κ2) is 13.7. The molecule has 0 aliphatic carbocycles. The van der Waals surface area contributed by atoms with Gasteiger partial charge in [0.25, 0.3) is 5.91 Å². The largest absolute Gasteiger partial charge is 0.488 e. The molecule has 4 aromatic carbocycles. The van der Waals surface area contributed by atoms with Gasteiger partial charge in [0.2, 0.25) is 5.91 Å². The molecule has 1 atom stereocenters. The number of hydrazone groups is 1. The molecule has 0 fully saturated rings. The number of nitrogens with one attached hydrogen (secondary N) is 2. The Labute approximate surface area is 238 Å². The minimum absolute atomic E-state index is 0.0342. The zero-order chi connectivity index (χ0) is 26.7. The first-order valence-electron chi connectivity index (χ1n) is 11.9. The number of amides is 2. The highest BCUT2D eigenvalue weighted by Gasteiger charge is 2.19. The third-order valence-electron chi connectivity index (χ3n) is 5.60. The molecule has 2 N–H and O–H groups in total. The highest BCUT2D eigenvalue weighted by Crippen LogP contribution is 2.26. The summed E-state index contributed by atoms with van der Waals surface area (Å²) in [6, 6.07) is 31.3. The number of halogens is 2. The molecular formula is C30H25Br2N3O3. The lowest BCUT2D eigenvalue weighted by atomic mass is 10.0. The van der Waals surface area contributed by atoms with E-state index in [-0.39, 0.29) is 18.2 Å². The molecule has 4 aromatic rings. The van der Waals surface area contributed by atoms with E-state index < -0.39 is 6.04 Å². The molecule has 6 nitrogen and oxygen atoms in total. The average Bonchev–Trinajstić information content (AvgIpc) is 2.94. The molecular weight excluding hydrogens is 610 g/mol. The number of carbonyl (C=O) groups excluding carboxylic acids is 2. The summed E-state index contributed by atoms with van der Waals surface area (Å²) in [5, 5.41) is 7.05. The van der Waals surface area contributed by atoms with Gasteiger partial charge in [-0.2, -0.15) is 5.10 Å². The highest BCUT2D eigenvalue weighted by atomic mass is 79.9. The fraction of sp³-hybridized carbons (Fsp3) is 0.100. The van der Waals surface area contributed by atoms with E-state index in [1.54, 1.807) is 30.5 Å². The molecule has 0 aromatic heterocycles. The zero-order valence-corrected chi connectivity index (χ0v) is 23.5. The smallest absolute Gasteiger partial charge is 0.251 e. The van der Waals surface area contributed by atoms with Crippen molar-refractivity contribution in [1.29, 1.82) is 0 Å². The number of ether oxygens (including phenoxy) is 1. The first kappa shape index (κ1) is 27.3. The molecule has 0 unspecified atom stereocenters. The molecule has 2 amide bonds. The van der Waals surface area contributed by atoms with Gasteiger partial charge in [0.15, 0.2) is 0 Å². The van der Waals surface area contributed by atoms with Crippen LogP contribution in [-0.4, -0.2) is 18.0 Å². The maximum atomic E-state index is 12.7. The van der Waals surface area contributed by atoms with Crippen molar-refractivity contribution in [2.45, 2.75) is 19.1 Å². The molecule has 8 heteroatoms. The molecule has 192 valence electrons. The van der Waals surface area contributed by atoms with Crippen molar-refractivity contribution in [3.05, 3.63) is 134 Å². The van der Waals surface area contributed by atoms with Crippen LogP contribution in [-0.2, 0) is 11.4 Å². The van der Waals surface area contributed by atoms with Crippen molar-refractivity contribution < 1.29 is 14.3 Å². The predicted octanol–water partition coefficient (Wildman–Crippen LogP) is 6.80. The zero-order valence-electron chi connectivity index (χ0n) is 20.3. The van der Waals surface area contributed by atoms with E-state index in [0.29, 0.717) is 17.9 Å². The molecule has 38 heavy (non-hydrogen) atoms. The van der Waals surface area contributed by atoms with Crippen molar-refractivity contribution in [1.82, 2.24) is 10.7 Å². The monoisotopic (exact) mass is 633 g/mol. The average molecular weight is 635 g/mol.